The van der Waals surface area contributed by atoms with Crippen molar-refractivity contribution in [3.63, 3.8) is 0 Å². The molecule has 1 aliphatic rings. The predicted molar refractivity (Wildman–Crippen MR) is 135 cm³/mol. The molecule has 174 valence electrons. The molecule has 3 aromatic rings. The van der Waals surface area contributed by atoms with E-state index in [1.807, 2.05) is 72.4 Å². The smallest absolute Gasteiger partial charge is 0.277 e. The molecular weight excluding hydrogens is 448 g/mol. The SMILES string of the molecule is CCN(CC)c1ccc(-c2nnc(SCC(=O)C(C#N)=C3N(C)c4ccccc4N3C)o2)cc1. The molecule has 8 nitrogen and oxygen atoms in total. The van der Waals surface area contributed by atoms with E-state index >= 15 is 0 Å². The average Bonchev–Trinajstić information content (AvgIpc) is 3.44. The molecule has 0 aliphatic carbocycles. The Morgan fingerprint density at radius 1 is 1.03 bits per heavy atom. The molecule has 0 radical (unpaired) electrons. The molecule has 0 N–H and O–H groups in total. The minimum absolute atomic E-state index is 0.0208. The van der Waals surface area contributed by atoms with Crippen molar-refractivity contribution < 1.29 is 9.21 Å². The molecule has 4 rings (SSSR count). The summed E-state index contributed by atoms with van der Waals surface area (Å²) in [5, 5.41) is 18.2. The monoisotopic (exact) mass is 474 g/mol. The third-order valence-corrected chi connectivity index (χ3v) is 6.65. The first kappa shape index (κ1) is 23.4. The van der Waals surface area contributed by atoms with Crippen molar-refractivity contribution in [1.29, 1.82) is 5.26 Å². The normalized spacial score (nSPS) is 12.5. The van der Waals surface area contributed by atoms with Crippen LogP contribution in [0.1, 0.15) is 13.8 Å². The third-order valence-electron chi connectivity index (χ3n) is 5.83. The second-order valence-corrected chi connectivity index (χ2v) is 8.65. The van der Waals surface area contributed by atoms with Crippen LogP contribution in [0.4, 0.5) is 17.1 Å². The van der Waals surface area contributed by atoms with E-state index in [4.69, 9.17) is 4.42 Å². The van der Waals surface area contributed by atoms with Gasteiger partial charge >= 0.3 is 0 Å². The van der Waals surface area contributed by atoms with Crippen LogP contribution in [0.3, 0.4) is 0 Å². The Balaban J connectivity index is 1.46. The highest BCUT2D eigenvalue weighted by molar-refractivity contribution is 7.99. The number of hydrogen-bond acceptors (Lipinski definition) is 9. The Morgan fingerprint density at radius 2 is 1.65 bits per heavy atom. The van der Waals surface area contributed by atoms with Crippen LogP contribution >= 0.6 is 11.8 Å². The standard InChI is InChI=1S/C25H26N6O2S/c1-5-31(6-2)18-13-11-17(12-14-18)23-27-28-25(33-23)34-16-22(32)19(15-26)24-29(3)20-9-7-8-10-21(20)30(24)4/h7-14H,5-6,16H2,1-4H3. The number of carbonyl (C=O) groups is 1. The number of benzene rings is 2. The third kappa shape index (κ3) is 4.37. The van der Waals surface area contributed by atoms with Gasteiger partial charge in [-0.05, 0) is 50.2 Å². The minimum Gasteiger partial charge on any atom is -0.411 e. The predicted octanol–water partition coefficient (Wildman–Crippen LogP) is 4.57. The molecule has 34 heavy (non-hydrogen) atoms. The molecule has 0 saturated carbocycles. The highest BCUT2D eigenvalue weighted by atomic mass is 32.2. The molecule has 2 aromatic carbocycles. The number of rotatable bonds is 8. The van der Waals surface area contributed by atoms with Gasteiger partial charge in [0.2, 0.25) is 5.89 Å². The van der Waals surface area contributed by atoms with Crippen molar-refractivity contribution >= 4 is 34.6 Å². The van der Waals surface area contributed by atoms with Crippen molar-refractivity contribution in [3.8, 4) is 17.5 Å². The van der Waals surface area contributed by atoms with Gasteiger partial charge in [-0.3, -0.25) is 4.79 Å². The fraction of sp³-hybridized carbons (Fsp3) is 0.280. The van der Waals surface area contributed by atoms with Gasteiger partial charge in [0.15, 0.2) is 5.78 Å². The van der Waals surface area contributed by atoms with Crippen LogP contribution in [0.25, 0.3) is 11.5 Å². The Bertz CT molecular complexity index is 1230. The van der Waals surface area contributed by atoms with Crippen molar-refractivity contribution in [2.24, 2.45) is 0 Å². The summed E-state index contributed by atoms with van der Waals surface area (Å²) >= 11 is 1.13. The Kier molecular flexibility index (Phi) is 6.89. The quantitative estimate of drug-likeness (QED) is 0.265. The first-order chi connectivity index (χ1) is 16.5. The van der Waals surface area contributed by atoms with Gasteiger partial charge in [0.1, 0.15) is 17.5 Å². The number of Topliss-reactive ketones (excluding diaryl/α,β-unsaturated/α-hetero) is 1. The van der Waals surface area contributed by atoms with Crippen molar-refractivity contribution in [3.05, 3.63) is 59.9 Å². The van der Waals surface area contributed by atoms with Crippen molar-refractivity contribution in [2.75, 3.05) is 47.6 Å². The molecule has 0 atom stereocenters. The maximum atomic E-state index is 13.0. The Morgan fingerprint density at radius 3 is 2.21 bits per heavy atom. The number of aromatic nitrogens is 2. The summed E-state index contributed by atoms with van der Waals surface area (Å²) in [6.07, 6.45) is 0. The van der Waals surface area contributed by atoms with Gasteiger partial charge in [0.05, 0.1) is 17.1 Å². The number of fused-ring (bicyclic) bond motifs is 1. The zero-order chi connectivity index (χ0) is 24.2. The molecule has 0 bridgehead atoms. The number of anilines is 3. The zero-order valence-electron chi connectivity index (χ0n) is 19.6. The van der Waals surface area contributed by atoms with Crippen LogP contribution in [0.2, 0.25) is 0 Å². The van der Waals surface area contributed by atoms with Gasteiger partial charge in [-0.2, -0.15) is 5.26 Å². The number of allylic oxidation sites excluding steroid dienone is 1. The number of ketones is 1. The van der Waals surface area contributed by atoms with E-state index in [1.54, 1.807) is 0 Å². The highest BCUT2D eigenvalue weighted by Gasteiger charge is 2.31. The second kappa shape index (κ2) is 10.0. The number of para-hydroxylation sites is 2. The first-order valence-corrected chi connectivity index (χ1v) is 12.0. The molecule has 2 heterocycles. The van der Waals surface area contributed by atoms with Crippen LogP contribution in [0, 0.1) is 11.3 Å². The van der Waals surface area contributed by atoms with E-state index < -0.39 is 0 Å². The molecule has 0 saturated heterocycles. The average molecular weight is 475 g/mol. The van der Waals surface area contributed by atoms with Gasteiger partial charge in [-0.25, -0.2) is 0 Å². The van der Waals surface area contributed by atoms with Gasteiger partial charge in [-0.1, -0.05) is 23.9 Å². The van der Waals surface area contributed by atoms with Gasteiger partial charge in [0, 0.05) is 38.4 Å². The maximum absolute atomic E-state index is 13.0. The van der Waals surface area contributed by atoms with E-state index in [0.717, 1.165) is 47.5 Å². The number of thioether (sulfide) groups is 1. The molecule has 0 spiro atoms. The van der Waals surface area contributed by atoms with Crippen LogP contribution in [0.5, 0.6) is 0 Å². The number of nitrogens with zero attached hydrogens (tertiary/aromatic N) is 6. The largest absolute Gasteiger partial charge is 0.411 e. The number of carbonyl (C=O) groups excluding carboxylic acids is 1. The van der Waals surface area contributed by atoms with Crippen LogP contribution in [-0.4, -0.2) is 48.9 Å². The summed E-state index contributed by atoms with van der Waals surface area (Å²) in [6, 6.07) is 17.8. The zero-order valence-corrected chi connectivity index (χ0v) is 20.5. The molecule has 1 aromatic heterocycles. The highest BCUT2D eigenvalue weighted by Crippen LogP contribution is 2.40. The van der Waals surface area contributed by atoms with Gasteiger partial charge in [-0.15, -0.1) is 10.2 Å². The number of hydrogen-bond donors (Lipinski definition) is 0. The first-order valence-electron chi connectivity index (χ1n) is 11.0. The lowest BCUT2D eigenvalue weighted by molar-refractivity contribution is -0.112. The van der Waals surface area contributed by atoms with Crippen LogP contribution < -0.4 is 14.7 Å². The van der Waals surface area contributed by atoms with E-state index in [9.17, 15) is 10.1 Å². The molecule has 9 heteroatoms. The Labute approximate surface area is 203 Å². The molecule has 0 fully saturated rings. The molecular formula is C25H26N6O2S. The van der Waals surface area contributed by atoms with Gasteiger partial charge < -0.3 is 19.1 Å². The van der Waals surface area contributed by atoms with E-state index in [-0.39, 0.29) is 22.3 Å². The van der Waals surface area contributed by atoms with Crippen molar-refractivity contribution in [1.82, 2.24) is 10.2 Å². The van der Waals surface area contributed by atoms with E-state index in [1.165, 1.54) is 0 Å². The lowest BCUT2D eigenvalue weighted by Crippen LogP contribution is -2.26. The summed E-state index contributed by atoms with van der Waals surface area (Å²) in [5.74, 6) is 0.684. The summed E-state index contributed by atoms with van der Waals surface area (Å²) < 4.78 is 5.76. The van der Waals surface area contributed by atoms with Crippen LogP contribution in [0.15, 0.2) is 69.6 Å². The van der Waals surface area contributed by atoms with E-state index in [0.29, 0.717) is 11.7 Å². The molecule has 0 amide bonds. The second-order valence-electron chi connectivity index (χ2n) is 7.72. The fourth-order valence-electron chi connectivity index (χ4n) is 4.04. The Hall–Kier alpha value is -3.77. The van der Waals surface area contributed by atoms with Gasteiger partial charge in [0.25, 0.3) is 5.22 Å². The maximum Gasteiger partial charge on any atom is 0.277 e. The van der Waals surface area contributed by atoms with Crippen molar-refractivity contribution in [2.45, 2.75) is 19.1 Å². The topological polar surface area (TPSA) is 89.5 Å². The summed E-state index contributed by atoms with van der Waals surface area (Å²) in [6.45, 7) is 6.11. The lowest BCUT2D eigenvalue weighted by Gasteiger charge is -2.20. The fourth-order valence-corrected chi connectivity index (χ4v) is 4.68. The van der Waals surface area contributed by atoms with E-state index in [2.05, 4.69) is 35.0 Å². The van der Waals surface area contributed by atoms with Crippen LogP contribution in [-0.2, 0) is 4.79 Å². The minimum atomic E-state index is -0.294. The summed E-state index contributed by atoms with van der Waals surface area (Å²) in [5.41, 5.74) is 3.94. The number of nitriles is 1. The summed E-state index contributed by atoms with van der Waals surface area (Å²) in [4.78, 5) is 18.9. The molecule has 1 aliphatic heterocycles. The molecule has 0 unspecified atom stereocenters. The lowest BCUT2D eigenvalue weighted by atomic mass is 10.2. The summed E-state index contributed by atoms with van der Waals surface area (Å²) in [7, 11) is 3.70.